The molecule has 1 atom stereocenters. The molecule has 3 nitrogen and oxygen atoms in total. The molecule has 1 aromatic carbocycles. The molecule has 0 heterocycles. The Morgan fingerprint density at radius 1 is 1.38 bits per heavy atom. The third kappa shape index (κ3) is 4.03. The van der Waals surface area contributed by atoms with Crippen molar-refractivity contribution in [2.45, 2.75) is 32.9 Å². The topological polar surface area (TPSA) is 40.5 Å². The maximum absolute atomic E-state index is 10.7. The largest absolute Gasteiger partial charge is 0.481 e. The first-order valence-electron chi connectivity index (χ1n) is 5.63. The molecule has 0 spiro atoms. The fourth-order valence-electron chi connectivity index (χ4n) is 1.78. The van der Waals surface area contributed by atoms with Crippen molar-refractivity contribution in [3.63, 3.8) is 0 Å². The third-order valence-electron chi connectivity index (χ3n) is 2.73. The Morgan fingerprint density at radius 2 is 2.00 bits per heavy atom. The summed E-state index contributed by atoms with van der Waals surface area (Å²) >= 11 is 0. The monoisotopic (exact) mass is 221 g/mol. The first-order valence-corrected chi connectivity index (χ1v) is 5.63. The summed E-state index contributed by atoms with van der Waals surface area (Å²) in [4.78, 5) is 12.8. The molecule has 0 aliphatic rings. The van der Waals surface area contributed by atoms with Crippen LogP contribution >= 0.6 is 0 Å². The minimum absolute atomic E-state index is 0.0720. The third-order valence-corrected chi connectivity index (χ3v) is 2.73. The Labute approximate surface area is 96.7 Å². The van der Waals surface area contributed by atoms with Crippen LogP contribution in [0, 0.1) is 0 Å². The van der Waals surface area contributed by atoms with E-state index in [4.69, 9.17) is 5.11 Å². The normalized spacial score (nSPS) is 12.7. The average Bonchev–Trinajstić information content (AvgIpc) is 2.26. The highest BCUT2D eigenvalue weighted by Crippen LogP contribution is 2.10. The van der Waals surface area contributed by atoms with Crippen LogP contribution in [0.3, 0.4) is 0 Å². The fraction of sp³-hybridized carbons (Fsp3) is 0.462. The molecule has 0 radical (unpaired) electrons. The highest BCUT2D eigenvalue weighted by molar-refractivity contribution is 5.67. The van der Waals surface area contributed by atoms with Crippen molar-refractivity contribution in [2.24, 2.45) is 0 Å². The minimum Gasteiger partial charge on any atom is -0.481 e. The highest BCUT2D eigenvalue weighted by Gasteiger charge is 2.15. The zero-order valence-corrected chi connectivity index (χ0v) is 9.89. The lowest BCUT2D eigenvalue weighted by Crippen LogP contribution is -2.34. The van der Waals surface area contributed by atoms with Gasteiger partial charge in [-0.15, -0.1) is 0 Å². The van der Waals surface area contributed by atoms with Crippen molar-refractivity contribution in [2.75, 3.05) is 6.54 Å². The molecule has 0 fully saturated rings. The second-order valence-corrected chi connectivity index (χ2v) is 4.00. The Morgan fingerprint density at radius 3 is 2.50 bits per heavy atom. The van der Waals surface area contributed by atoms with Gasteiger partial charge in [0.25, 0.3) is 0 Å². The van der Waals surface area contributed by atoms with Crippen LogP contribution in [0.2, 0.25) is 0 Å². The van der Waals surface area contributed by atoms with Crippen LogP contribution in [0.4, 0.5) is 0 Å². The number of rotatable bonds is 6. The lowest BCUT2D eigenvalue weighted by molar-refractivity contribution is -0.138. The lowest BCUT2D eigenvalue weighted by atomic mass is 10.1. The molecule has 1 rings (SSSR count). The van der Waals surface area contributed by atoms with E-state index in [1.165, 1.54) is 5.56 Å². The van der Waals surface area contributed by atoms with Gasteiger partial charge >= 0.3 is 5.97 Å². The van der Waals surface area contributed by atoms with Gasteiger partial charge in [0.2, 0.25) is 0 Å². The van der Waals surface area contributed by atoms with Crippen molar-refractivity contribution in [1.29, 1.82) is 0 Å². The van der Waals surface area contributed by atoms with Gasteiger partial charge in [-0.05, 0) is 19.0 Å². The molecular formula is C13H19NO2. The number of hydrogen-bond acceptors (Lipinski definition) is 2. The summed E-state index contributed by atoms with van der Waals surface area (Å²) < 4.78 is 0. The molecule has 0 saturated heterocycles. The van der Waals surface area contributed by atoms with Crippen molar-refractivity contribution >= 4 is 5.97 Å². The molecule has 16 heavy (non-hydrogen) atoms. The summed E-state index contributed by atoms with van der Waals surface area (Å²) in [7, 11) is 0. The van der Waals surface area contributed by atoms with Crippen molar-refractivity contribution in [3.8, 4) is 0 Å². The van der Waals surface area contributed by atoms with Gasteiger partial charge in [0, 0.05) is 12.6 Å². The van der Waals surface area contributed by atoms with Crippen molar-refractivity contribution in [3.05, 3.63) is 35.9 Å². The number of carboxylic acid groups (broad SMARTS) is 1. The van der Waals surface area contributed by atoms with Crippen LogP contribution in [0.25, 0.3) is 0 Å². The van der Waals surface area contributed by atoms with E-state index in [1.54, 1.807) is 0 Å². The maximum Gasteiger partial charge on any atom is 0.304 e. The highest BCUT2D eigenvalue weighted by atomic mass is 16.4. The van der Waals surface area contributed by atoms with E-state index in [-0.39, 0.29) is 12.5 Å². The van der Waals surface area contributed by atoms with Gasteiger partial charge in [-0.3, -0.25) is 9.69 Å². The molecule has 3 heteroatoms. The molecule has 0 aliphatic heterocycles. The minimum atomic E-state index is -0.737. The van der Waals surface area contributed by atoms with Crippen molar-refractivity contribution in [1.82, 2.24) is 4.90 Å². The molecule has 1 N–H and O–H groups in total. The quantitative estimate of drug-likeness (QED) is 0.801. The van der Waals surface area contributed by atoms with E-state index in [0.29, 0.717) is 0 Å². The van der Waals surface area contributed by atoms with Gasteiger partial charge in [0.05, 0.1) is 6.42 Å². The zero-order valence-electron chi connectivity index (χ0n) is 9.89. The lowest BCUT2D eigenvalue weighted by Gasteiger charge is -2.26. The Kier molecular flexibility index (Phi) is 4.99. The molecule has 88 valence electrons. The average molecular weight is 221 g/mol. The van der Waals surface area contributed by atoms with Crippen LogP contribution in [0.1, 0.15) is 25.8 Å². The van der Waals surface area contributed by atoms with Gasteiger partial charge in [0.1, 0.15) is 0 Å². The first kappa shape index (κ1) is 12.7. The Hall–Kier alpha value is -1.35. The number of aliphatic carboxylic acids is 1. The van der Waals surface area contributed by atoms with Gasteiger partial charge in [-0.2, -0.15) is 0 Å². The summed E-state index contributed by atoms with van der Waals surface area (Å²) in [5.41, 5.74) is 1.22. The van der Waals surface area contributed by atoms with Gasteiger partial charge in [-0.1, -0.05) is 37.3 Å². The van der Waals surface area contributed by atoms with E-state index in [9.17, 15) is 4.79 Å². The summed E-state index contributed by atoms with van der Waals surface area (Å²) in [6, 6.07) is 10.2. The fourth-order valence-corrected chi connectivity index (χ4v) is 1.78. The van der Waals surface area contributed by atoms with Gasteiger partial charge in [0.15, 0.2) is 0 Å². The second-order valence-electron chi connectivity index (χ2n) is 4.00. The van der Waals surface area contributed by atoms with Crippen LogP contribution < -0.4 is 0 Å². The Bertz CT molecular complexity index is 324. The van der Waals surface area contributed by atoms with Crippen LogP contribution in [0.15, 0.2) is 30.3 Å². The van der Waals surface area contributed by atoms with Gasteiger partial charge < -0.3 is 5.11 Å². The molecule has 0 aromatic heterocycles. The Balaban J connectivity index is 2.58. The number of carboxylic acids is 1. The standard InChI is InChI=1S/C13H19NO2/c1-3-14(11(2)9-13(15)16)10-12-7-5-4-6-8-12/h4-8,11H,3,9-10H2,1-2H3,(H,15,16). The molecule has 0 bridgehead atoms. The summed E-state index contributed by atoms with van der Waals surface area (Å²) in [6.45, 7) is 5.69. The smallest absolute Gasteiger partial charge is 0.304 e. The zero-order chi connectivity index (χ0) is 12.0. The predicted octanol–water partition coefficient (Wildman–Crippen LogP) is 2.37. The maximum atomic E-state index is 10.7. The summed E-state index contributed by atoms with van der Waals surface area (Å²) in [5, 5.41) is 8.77. The van der Waals surface area contributed by atoms with E-state index >= 15 is 0 Å². The van der Waals surface area contributed by atoms with E-state index in [2.05, 4.69) is 24.0 Å². The molecule has 0 saturated carbocycles. The number of carbonyl (C=O) groups is 1. The van der Waals surface area contributed by atoms with E-state index < -0.39 is 5.97 Å². The summed E-state index contributed by atoms with van der Waals surface area (Å²) in [6.07, 6.45) is 0.195. The van der Waals surface area contributed by atoms with Gasteiger partial charge in [-0.25, -0.2) is 0 Å². The predicted molar refractivity (Wildman–Crippen MR) is 64.2 cm³/mol. The second kappa shape index (κ2) is 6.28. The SMILES string of the molecule is CCN(Cc1ccccc1)C(C)CC(=O)O. The molecule has 1 unspecified atom stereocenters. The van der Waals surface area contributed by atoms with Crippen LogP contribution in [0.5, 0.6) is 0 Å². The van der Waals surface area contributed by atoms with Crippen LogP contribution in [-0.4, -0.2) is 28.6 Å². The molecule has 0 amide bonds. The summed E-state index contributed by atoms with van der Waals surface area (Å²) in [5.74, 6) is -0.737. The van der Waals surface area contributed by atoms with E-state index in [0.717, 1.165) is 13.1 Å². The van der Waals surface area contributed by atoms with Crippen LogP contribution in [-0.2, 0) is 11.3 Å². The molecule has 0 aliphatic carbocycles. The number of nitrogens with zero attached hydrogens (tertiary/aromatic N) is 1. The molecular weight excluding hydrogens is 202 g/mol. The van der Waals surface area contributed by atoms with Crippen molar-refractivity contribution < 1.29 is 9.90 Å². The molecule has 1 aromatic rings. The first-order chi connectivity index (χ1) is 7.63. The van der Waals surface area contributed by atoms with E-state index in [1.807, 2.05) is 25.1 Å². The number of hydrogen-bond donors (Lipinski definition) is 1. The number of benzene rings is 1.